The minimum atomic E-state index is -3.47. The van der Waals surface area contributed by atoms with Crippen LogP contribution in [0.1, 0.15) is 16.7 Å². The lowest BCUT2D eigenvalue weighted by Crippen LogP contribution is -2.19. The van der Waals surface area contributed by atoms with E-state index in [9.17, 15) is 12.8 Å². The lowest BCUT2D eigenvalue weighted by Gasteiger charge is -2.20. The van der Waals surface area contributed by atoms with Crippen molar-refractivity contribution in [1.82, 2.24) is 0 Å². The smallest absolute Gasteiger partial charge is 0.236 e. The standard InChI is InChI=1S/C22H21FN2O2S/c23-20-8-6-17(7-9-20)15-25-13-12-19-14-21(10-11-22(19)25)24-28(26,27)16-18-4-2-1-3-5-18/h1-11,14,24H,12-13,15-16H2. The van der Waals surface area contributed by atoms with Gasteiger partial charge in [0.1, 0.15) is 5.82 Å². The molecule has 4 rings (SSSR count). The molecule has 0 aromatic heterocycles. The number of hydrogen-bond acceptors (Lipinski definition) is 3. The average molecular weight is 396 g/mol. The van der Waals surface area contributed by atoms with Gasteiger partial charge in [-0.15, -0.1) is 0 Å². The Bertz CT molecular complexity index is 1070. The van der Waals surface area contributed by atoms with Gasteiger partial charge in [0.05, 0.1) is 5.75 Å². The van der Waals surface area contributed by atoms with Crippen LogP contribution in [0.25, 0.3) is 0 Å². The fourth-order valence-corrected chi connectivity index (χ4v) is 4.71. The summed E-state index contributed by atoms with van der Waals surface area (Å²) in [5.74, 6) is -0.292. The Morgan fingerprint density at radius 3 is 2.43 bits per heavy atom. The molecule has 1 N–H and O–H groups in total. The molecule has 0 unspecified atom stereocenters. The summed E-state index contributed by atoms with van der Waals surface area (Å²) in [6.45, 7) is 1.55. The normalized spacial score (nSPS) is 13.4. The van der Waals surface area contributed by atoms with Gasteiger partial charge in [0.15, 0.2) is 0 Å². The van der Waals surface area contributed by atoms with Gasteiger partial charge in [-0.3, -0.25) is 4.72 Å². The molecule has 0 radical (unpaired) electrons. The molecule has 1 heterocycles. The highest BCUT2D eigenvalue weighted by Crippen LogP contribution is 2.32. The van der Waals surface area contributed by atoms with Crippen molar-refractivity contribution in [3.05, 3.63) is 95.3 Å². The number of halogens is 1. The predicted molar refractivity (Wildman–Crippen MR) is 110 cm³/mol. The van der Waals surface area contributed by atoms with Crippen molar-refractivity contribution >= 4 is 21.4 Å². The molecule has 0 saturated carbocycles. The first kappa shape index (κ1) is 18.5. The lowest BCUT2D eigenvalue weighted by molar-refractivity contribution is 0.600. The van der Waals surface area contributed by atoms with Crippen molar-refractivity contribution in [3.63, 3.8) is 0 Å². The van der Waals surface area contributed by atoms with E-state index < -0.39 is 10.0 Å². The predicted octanol–water partition coefficient (Wildman–Crippen LogP) is 4.33. The fourth-order valence-electron chi connectivity index (χ4n) is 3.52. The summed E-state index contributed by atoms with van der Waals surface area (Å²) < 4.78 is 40.7. The Kier molecular flexibility index (Phi) is 5.05. The van der Waals surface area contributed by atoms with Crippen LogP contribution in [-0.4, -0.2) is 15.0 Å². The molecule has 0 fully saturated rings. The average Bonchev–Trinajstić information content (AvgIpc) is 3.05. The number of fused-ring (bicyclic) bond motifs is 1. The Balaban J connectivity index is 1.46. The summed E-state index contributed by atoms with van der Waals surface area (Å²) in [5, 5.41) is 0. The second kappa shape index (κ2) is 7.64. The molecule has 3 aromatic carbocycles. The van der Waals surface area contributed by atoms with E-state index in [1.165, 1.54) is 12.1 Å². The maximum atomic E-state index is 13.1. The SMILES string of the molecule is O=S(=O)(Cc1ccccc1)Nc1ccc2c(c1)CCN2Cc1ccc(F)cc1. The van der Waals surface area contributed by atoms with E-state index in [1.54, 1.807) is 30.3 Å². The van der Waals surface area contributed by atoms with E-state index >= 15 is 0 Å². The van der Waals surface area contributed by atoms with Crippen LogP contribution in [0.2, 0.25) is 0 Å². The maximum Gasteiger partial charge on any atom is 0.236 e. The van der Waals surface area contributed by atoms with E-state index in [4.69, 9.17) is 0 Å². The molecule has 0 bridgehead atoms. The van der Waals surface area contributed by atoms with Crippen molar-refractivity contribution in [2.24, 2.45) is 0 Å². The Hall–Kier alpha value is -2.86. The van der Waals surface area contributed by atoms with Crippen molar-refractivity contribution in [1.29, 1.82) is 0 Å². The molecule has 0 spiro atoms. The summed E-state index contributed by atoms with van der Waals surface area (Å²) >= 11 is 0. The van der Waals surface area contributed by atoms with Gasteiger partial charge < -0.3 is 4.90 Å². The van der Waals surface area contributed by atoms with E-state index in [2.05, 4.69) is 9.62 Å². The molecule has 0 saturated heterocycles. The molecule has 4 nitrogen and oxygen atoms in total. The first-order chi connectivity index (χ1) is 13.5. The van der Waals surface area contributed by atoms with Gasteiger partial charge in [-0.2, -0.15) is 0 Å². The third-order valence-electron chi connectivity index (χ3n) is 4.83. The molecule has 1 aliphatic rings. The number of hydrogen-bond donors (Lipinski definition) is 1. The molecular formula is C22H21FN2O2S. The highest BCUT2D eigenvalue weighted by atomic mass is 32.2. The number of sulfonamides is 1. The van der Waals surface area contributed by atoms with E-state index in [1.807, 2.05) is 30.3 Å². The van der Waals surface area contributed by atoms with Gasteiger partial charge >= 0.3 is 0 Å². The molecule has 28 heavy (non-hydrogen) atoms. The summed E-state index contributed by atoms with van der Waals surface area (Å²) in [6, 6.07) is 21.3. The minimum absolute atomic E-state index is 0.0540. The number of nitrogens with one attached hydrogen (secondary N) is 1. The van der Waals surface area contributed by atoms with Crippen LogP contribution in [-0.2, 0) is 28.7 Å². The Labute approximate surface area is 164 Å². The molecule has 0 amide bonds. The van der Waals surface area contributed by atoms with Crippen LogP contribution in [0.4, 0.5) is 15.8 Å². The van der Waals surface area contributed by atoms with Crippen LogP contribution in [0.5, 0.6) is 0 Å². The molecule has 144 valence electrons. The monoisotopic (exact) mass is 396 g/mol. The van der Waals surface area contributed by atoms with Gasteiger partial charge in [0, 0.05) is 24.5 Å². The minimum Gasteiger partial charge on any atom is -0.367 e. The lowest BCUT2D eigenvalue weighted by atomic mass is 10.1. The van der Waals surface area contributed by atoms with Crippen molar-refractivity contribution in [2.75, 3.05) is 16.2 Å². The van der Waals surface area contributed by atoms with Crippen molar-refractivity contribution in [2.45, 2.75) is 18.7 Å². The zero-order chi connectivity index (χ0) is 19.6. The quantitative estimate of drug-likeness (QED) is 0.675. The molecule has 3 aromatic rings. The topological polar surface area (TPSA) is 49.4 Å². The highest BCUT2D eigenvalue weighted by Gasteiger charge is 2.20. The second-order valence-electron chi connectivity index (χ2n) is 6.99. The zero-order valence-electron chi connectivity index (χ0n) is 15.3. The molecule has 6 heteroatoms. The number of benzene rings is 3. The Morgan fingerprint density at radius 1 is 0.929 bits per heavy atom. The second-order valence-corrected chi connectivity index (χ2v) is 8.71. The third kappa shape index (κ3) is 4.34. The molecular weight excluding hydrogens is 375 g/mol. The largest absolute Gasteiger partial charge is 0.367 e. The number of nitrogens with zero attached hydrogens (tertiary/aromatic N) is 1. The van der Waals surface area contributed by atoms with Crippen LogP contribution in [0.15, 0.2) is 72.8 Å². The highest BCUT2D eigenvalue weighted by molar-refractivity contribution is 7.91. The van der Waals surface area contributed by atoms with Crippen LogP contribution in [0, 0.1) is 5.82 Å². The molecule has 1 aliphatic heterocycles. The van der Waals surface area contributed by atoms with Gasteiger partial charge in [-0.05, 0) is 53.4 Å². The molecule has 0 aliphatic carbocycles. The zero-order valence-corrected chi connectivity index (χ0v) is 16.1. The van der Waals surface area contributed by atoms with Crippen molar-refractivity contribution < 1.29 is 12.8 Å². The first-order valence-electron chi connectivity index (χ1n) is 9.15. The number of rotatable bonds is 6. The summed E-state index contributed by atoms with van der Waals surface area (Å²) in [5.41, 5.74) is 4.58. The van der Waals surface area contributed by atoms with Gasteiger partial charge in [0.2, 0.25) is 10.0 Å². The van der Waals surface area contributed by atoms with Crippen molar-refractivity contribution in [3.8, 4) is 0 Å². The van der Waals surface area contributed by atoms with Gasteiger partial charge in [0.25, 0.3) is 0 Å². The van der Waals surface area contributed by atoms with Crippen LogP contribution >= 0.6 is 0 Å². The van der Waals surface area contributed by atoms with Crippen LogP contribution in [0.3, 0.4) is 0 Å². The summed E-state index contributed by atoms with van der Waals surface area (Å²) in [4.78, 5) is 2.23. The maximum absolute atomic E-state index is 13.1. The summed E-state index contributed by atoms with van der Waals surface area (Å²) in [7, 11) is -3.47. The molecule has 0 atom stereocenters. The van der Waals surface area contributed by atoms with E-state index in [0.717, 1.165) is 35.3 Å². The van der Waals surface area contributed by atoms with Gasteiger partial charge in [-0.1, -0.05) is 42.5 Å². The first-order valence-corrected chi connectivity index (χ1v) is 10.8. The van der Waals surface area contributed by atoms with E-state index in [0.29, 0.717) is 12.2 Å². The summed E-state index contributed by atoms with van der Waals surface area (Å²) in [6.07, 6.45) is 0.852. The van der Waals surface area contributed by atoms with E-state index in [-0.39, 0.29) is 11.6 Å². The fraction of sp³-hybridized carbons (Fsp3) is 0.182. The van der Waals surface area contributed by atoms with Crippen LogP contribution < -0.4 is 9.62 Å². The van der Waals surface area contributed by atoms with Gasteiger partial charge in [-0.25, -0.2) is 12.8 Å². The number of anilines is 2. The Morgan fingerprint density at radius 2 is 1.68 bits per heavy atom. The third-order valence-corrected chi connectivity index (χ3v) is 6.09.